The second-order valence-electron chi connectivity index (χ2n) is 5.13. The highest BCUT2D eigenvalue weighted by Crippen LogP contribution is 2.27. The van der Waals surface area contributed by atoms with Gasteiger partial charge in [0.2, 0.25) is 0 Å². The molecule has 0 bridgehead atoms. The van der Waals surface area contributed by atoms with Crippen molar-refractivity contribution in [2.45, 2.75) is 6.92 Å². The molecule has 1 aromatic heterocycles. The fourth-order valence-electron chi connectivity index (χ4n) is 2.30. The molecule has 0 amide bonds. The first-order valence-electron chi connectivity index (χ1n) is 7.70. The molecule has 6 heteroatoms. The molecule has 3 rings (SSSR count). The maximum atomic E-state index is 11.6. The van der Waals surface area contributed by atoms with Crippen molar-refractivity contribution in [3.8, 4) is 17.3 Å². The summed E-state index contributed by atoms with van der Waals surface area (Å²) in [6, 6.07) is 16.1. The van der Waals surface area contributed by atoms with E-state index in [9.17, 15) is 4.79 Å². The molecule has 0 spiro atoms. The van der Waals surface area contributed by atoms with Gasteiger partial charge in [-0.2, -0.15) is 5.26 Å². The lowest BCUT2D eigenvalue weighted by molar-refractivity contribution is -0.138. The lowest BCUT2D eigenvalue weighted by Crippen LogP contribution is -2.07. The van der Waals surface area contributed by atoms with Crippen LogP contribution < -0.4 is 5.32 Å². The number of nitriles is 1. The molecule has 0 saturated heterocycles. The van der Waals surface area contributed by atoms with Crippen LogP contribution in [0.5, 0.6) is 0 Å². The molecule has 0 saturated carbocycles. The van der Waals surface area contributed by atoms with E-state index in [1.54, 1.807) is 6.92 Å². The van der Waals surface area contributed by atoms with Gasteiger partial charge in [-0.15, -0.1) is 11.3 Å². The fourth-order valence-corrected chi connectivity index (χ4v) is 2.99. The Morgan fingerprint density at radius 3 is 2.88 bits per heavy atom. The van der Waals surface area contributed by atoms with Crippen LogP contribution in [0.4, 0.5) is 5.13 Å². The number of ether oxygens (including phenoxy) is 1. The number of nitrogens with one attached hydrogen (secondary N) is 1. The van der Waals surface area contributed by atoms with Crippen molar-refractivity contribution < 1.29 is 9.53 Å². The summed E-state index contributed by atoms with van der Waals surface area (Å²) in [5.74, 6) is -0.649. The van der Waals surface area contributed by atoms with Gasteiger partial charge in [-0.25, -0.2) is 9.78 Å². The molecular weight excluding hydrogens is 334 g/mol. The van der Waals surface area contributed by atoms with Crippen LogP contribution in [0.3, 0.4) is 0 Å². The van der Waals surface area contributed by atoms with Gasteiger partial charge < -0.3 is 10.1 Å². The number of thiazole rings is 1. The average Bonchev–Trinajstić information content (AvgIpc) is 3.11. The Bertz CT molecular complexity index is 985. The number of esters is 1. The van der Waals surface area contributed by atoms with Crippen LogP contribution in [0.25, 0.3) is 22.0 Å². The molecule has 0 aliphatic heterocycles. The van der Waals surface area contributed by atoms with Crippen molar-refractivity contribution in [1.29, 1.82) is 5.26 Å². The molecule has 1 N–H and O–H groups in total. The molecular formula is C19H15N3O2S. The largest absolute Gasteiger partial charge is 0.462 e. The van der Waals surface area contributed by atoms with Gasteiger partial charge >= 0.3 is 5.97 Å². The molecule has 0 aliphatic carbocycles. The van der Waals surface area contributed by atoms with Gasteiger partial charge in [-0.1, -0.05) is 36.4 Å². The number of carbonyl (C=O) groups excluding carboxylic acids is 1. The predicted octanol–water partition coefficient (Wildman–Crippen LogP) is 4.35. The lowest BCUT2D eigenvalue weighted by Gasteiger charge is -2.01. The van der Waals surface area contributed by atoms with Gasteiger partial charge in [0.1, 0.15) is 6.07 Å². The standard InChI is InChI=1S/C19H15N3O2S/c1-2-24-18(23)16(10-20)11-21-19-22-17(12-25-19)15-8-7-13-5-3-4-6-14(13)9-15/h3-9,11-12H,2H2,1H3,(H,21,22). The molecule has 0 aliphatic rings. The van der Waals surface area contributed by atoms with Gasteiger partial charge in [-0.05, 0) is 23.8 Å². The van der Waals surface area contributed by atoms with E-state index in [0.29, 0.717) is 5.13 Å². The van der Waals surface area contributed by atoms with E-state index in [2.05, 4.69) is 34.6 Å². The zero-order chi connectivity index (χ0) is 17.6. The Morgan fingerprint density at radius 1 is 1.32 bits per heavy atom. The molecule has 2 aromatic carbocycles. The number of fused-ring (bicyclic) bond motifs is 1. The second-order valence-corrected chi connectivity index (χ2v) is 5.99. The summed E-state index contributed by atoms with van der Waals surface area (Å²) in [5.41, 5.74) is 1.75. The van der Waals surface area contributed by atoms with Crippen LogP contribution >= 0.6 is 11.3 Å². The van der Waals surface area contributed by atoms with E-state index in [-0.39, 0.29) is 12.2 Å². The minimum Gasteiger partial charge on any atom is -0.462 e. The molecule has 0 radical (unpaired) electrons. The predicted molar refractivity (Wildman–Crippen MR) is 99.0 cm³/mol. The zero-order valence-corrected chi connectivity index (χ0v) is 14.3. The van der Waals surface area contributed by atoms with Crippen LogP contribution in [-0.2, 0) is 9.53 Å². The first-order chi connectivity index (χ1) is 12.2. The molecule has 3 aromatic rings. The normalized spacial score (nSPS) is 11.1. The van der Waals surface area contributed by atoms with E-state index in [1.807, 2.05) is 29.6 Å². The number of aromatic nitrogens is 1. The quantitative estimate of drug-likeness (QED) is 0.421. The van der Waals surface area contributed by atoms with Crippen molar-refractivity contribution in [1.82, 2.24) is 4.98 Å². The van der Waals surface area contributed by atoms with Crippen molar-refractivity contribution >= 4 is 33.2 Å². The third kappa shape index (κ3) is 3.84. The van der Waals surface area contributed by atoms with Crippen molar-refractivity contribution in [2.75, 3.05) is 11.9 Å². The maximum absolute atomic E-state index is 11.6. The molecule has 0 unspecified atom stereocenters. The van der Waals surface area contributed by atoms with Gasteiger partial charge in [0, 0.05) is 17.1 Å². The topological polar surface area (TPSA) is 75.0 Å². The van der Waals surface area contributed by atoms with Crippen LogP contribution in [0.2, 0.25) is 0 Å². The van der Waals surface area contributed by atoms with Crippen LogP contribution in [0, 0.1) is 11.3 Å². The highest BCUT2D eigenvalue weighted by atomic mass is 32.1. The number of rotatable bonds is 5. The van der Waals surface area contributed by atoms with E-state index >= 15 is 0 Å². The average molecular weight is 349 g/mol. The van der Waals surface area contributed by atoms with Crippen LogP contribution in [0.1, 0.15) is 6.92 Å². The number of anilines is 1. The molecule has 124 valence electrons. The highest BCUT2D eigenvalue weighted by Gasteiger charge is 2.10. The first-order valence-corrected chi connectivity index (χ1v) is 8.58. The van der Waals surface area contributed by atoms with Gasteiger partial charge in [0.05, 0.1) is 12.3 Å². The number of hydrogen-bond acceptors (Lipinski definition) is 6. The summed E-state index contributed by atoms with van der Waals surface area (Å²) < 4.78 is 4.81. The van der Waals surface area contributed by atoms with Gasteiger partial charge in [-0.3, -0.25) is 0 Å². The summed E-state index contributed by atoms with van der Waals surface area (Å²) in [4.78, 5) is 16.1. The maximum Gasteiger partial charge on any atom is 0.350 e. The molecule has 25 heavy (non-hydrogen) atoms. The number of hydrogen-bond donors (Lipinski definition) is 1. The third-order valence-electron chi connectivity index (χ3n) is 3.51. The monoisotopic (exact) mass is 349 g/mol. The molecule has 5 nitrogen and oxygen atoms in total. The minimum atomic E-state index is -0.649. The van der Waals surface area contributed by atoms with Crippen molar-refractivity contribution in [3.63, 3.8) is 0 Å². The van der Waals surface area contributed by atoms with Crippen LogP contribution in [0.15, 0.2) is 59.6 Å². The summed E-state index contributed by atoms with van der Waals surface area (Å²) in [7, 11) is 0. The third-order valence-corrected chi connectivity index (χ3v) is 4.28. The number of carbonyl (C=O) groups is 1. The Balaban J connectivity index is 1.79. The summed E-state index contributed by atoms with van der Waals surface area (Å²) >= 11 is 1.40. The van der Waals surface area contributed by atoms with Crippen molar-refractivity contribution in [2.24, 2.45) is 0 Å². The smallest absolute Gasteiger partial charge is 0.350 e. The molecule has 1 heterocycles. The van der Waals surface area contributed by atoms with Gasteiger partial charge in [0.15, 0.2) is 10.7 Å². The first kappa shape index (κ1) is 16.7. The van der Waals surface area contributed by atoms with E-state index < -0.39 is 5.97 Å². The van der Waals surface area contributed by atoms with E-state index in [1.165, 1.54) is 22.9 Å². The van der Waals surface area contributed by atoms with E-state index in [0.717, 1.165) is 16.6 Å². The zero-order valence-electron chi connectivity index (χ0n) is 13.5. The van der Waals surface area contributed by atoms with Crippen LogP contribution in [-0.4, -0.2) is 17.6 Å². The molecule has 0 atom stereocenters. The molecule has 0 fully saturated rings. The summed E-state index contributed by atoms with van der Waals surface area (Å²) in [6.45, 7) is 1.91. The number of benzene rings is 2. The summed E-state index contributed by atoms with van der Waals surface area (Å²) in [6.07, 6.45) is 1.32. The second kappa shape index (κ2) is 7.60. The lowest BCUT2D eigenvalue weighted by atomic mass is 10.1. The highest BCUT2D eigenvalue weighted by molar-refractivity contribution is 7.14. The fraction of sp³-hybridized carbons (Fsp3) is 0.105. The van der Waals surface area contributed by atoms with Crippen molar-refractivity contribution in [3.05, 3.63) is 59.6 Å². The summed E-state index contributed by atoms with van der Waals surface area (Å²) in [5, 5.41) is 16.7. The minimum absolute atomic E-state index is 0.0932. The Labute approximate surface area is 149 Å². The Morgan fingerprint density at radius 2 is 2.12 bits per heavy atom. The Hall–Kier alpha value is -3.17. The Kier molecular flexibility index (Phi) is 5.07. The van der Waals surface area contributed by atoms with E-state index in [4.69, 9.17) is 10.00 Å². The SMILES string of the molecule is CCOC(=O)C(C#N)=CNc1nc(-c2ccc3ccccc3c2)cs1. The number of nitrogens with zero attached hydrogens (tertiary/aromatic N) is 2. The van der Waals surface area contributed by atoms with Gasteiger partial charge in [0.25, 0.3) is 0 Å².